The molecule has 0 amide bonds. The maximum absolute atomic E-state index is 10.5. The van der Waals surface area contributed by atoms with Crippen LogP contribution in [0.5, 0.6) is 0 Å². The van der Waals surface area contributed by atoms with Gasteiger partial charge in [-0.05, 0) is 5.75 Å². The Bertz CT molecular complexity index is 675. The molecule has 0 aromatic carbocycles. The Kier molecular flexibility index (Phi) is 6.75. The van der Waals surface area contributed by atoms with Gasteiger partial charge in [0.1, 0.15) is 41.6 Å². The van der Waals surface area contributed by atoms with E-state index in [2.05, 4.69) is 15.0 Å². The van der Waals surface area contributed by atoms with Gasteiger partial charge in [-0.2, -0.15) is 0 Å². The first-order valence-electron chi connectivity index (χ1n) is 7.20. The van der Waals surface area contributed by atoms with E-state index in [-0.39, 0.29) is 5.15 Å². The standard InChI is InChI=1S/C13H19ClN4O5S/c1-2-24-13(10(23)9(22)8(21)6(20)3-19)18-5-17-7-11(14)15-4-16-12(7)18/h4-6,8-10,13,19-23H,2-3H2,1H3/t6-,8-,9-,10-,13-/m1/s1. The Morgan fingerprint density at radius 3 is 2.46 bits per heavy atom. The molecule has 24 heavy (non-hydrogen) atoms. The number of rotatable bonds is 8. The largest absolute Gasteiger partial charge is 0.394 e. The maximum atomic E-state index is 10.5. The first kappa shape index (κ1) is 19.3. The van der Waals surface area contributed by atoms with E-state index in [4.69, 9.17) is 16.7 Å². The average molecular weight is 379 g/mol. The quantitative estimate of drug-likeness (QED) is 0.371. The second-order valence-electron chi connectivity index (χ2n) is 5.06. The van der Waals surface area contributed by atoms with Crippen LogP contribution in [-0.2, 0) is 0 Å². The molecule has 2 aromatic rings. The van der Waals surface area contributed by atoms with Crippen molar-refractivity contribution < 1.29 is 25.5 Å². The van der Waals surface area contributed by atoms with Gasteiger partial charge in [0.25, 0.3) is 0 Å². The lowest BCUT2D eigenvalue weighted by Gasteiger charge is -2.31. The van der Waals surface area contributed by atoms with E-state index in [1.165, 1.54) is 29.0 Å². The van der Waals surface area contributed by atoms with Crippen LogP contribution in [0.3, 0.4) is 0 Å². The Labute approximate surface area is 147 Å². The zero-order valence-electron chi connectivity index (χ0n) is 12.8. The van der Waals surface area contributed by atoms with E-state index in [0.717, 1.165) is 0 Å². The highest BCUT2D eigenvalue weighted by atomic mass is 35.5. The van der Waals surface area contributed by atoms with Crippen molar-refractivity contribution in [1.29, 1.82) is 0 Å². The Hall–Kier alpha value is -1.01. The summed E-state index contributed by atoms with van der Waals surface area (Å²) in [4.78, 5) is 12.0. The minimum Gasteiger partial charge on any atom is -0.394 e. The fourth-order valence-electron chi connectivity index (χ4n) is 2.23. The van der Waals surface area contributed by atoms with Crippen LogP contribution in [0.4, 0.5) is 0 Å². The van der Waals surface area contributed by atoms with E-state index < -0.39 is 36.4 Å². The summed E-state index contributed by atoms with van der Waals surface area (Å²) in [6, 6.07) is 0. The topological polar surface area (TPSA) is 145 Å². The van der Waals surface area contributed by atoms with Crippen LogP contribution in [0.2, 0.25) is 5.15 Å². The molecular weight excluding hydrogens is 360 g/mol. The van der Waals surface area contributed by atoms with Crippen molar-refractivity contribution in [3.63, 3.8) is 0 Å². The lowest BCUT2D eigenvalue weighted by molar-refractivity contribution is -0.118. The third kappa shape index (κ3) is 3.80. The summed E-state index contributed by atoms with van der Waals surface area (Å²) >= 11 is 7.24. The van der Waals surface area contributed by atoms with Gasteiger partial charge in [0.15, 0.2) is 10.8 Å². The van der Waals surface area contributed by atoms with Crippen molar-refractivity contribution in [3.8, 4) is 0 Å². The van der Waals surface area contributed by atoms with Crippen LogP contribution in [0.15, 0.2) is 12.7 Å². The third-order valence-electron chi connectivity index (χ3n) is 3.50. The van der Waals surface area contributed by atoms with Crippen LogP contribution in [-0.4, -0.2) is 81.8 Å². The average Bonchev–Trinajstić information content (AvgIpc) is 3.02. The molecule has 0 fully saturated rings. The first-order chi connectivity index (χ1) is 11.4. The molecule has 0 saturated heterocycles. The Morgan fingerprint density at radius 2 is 1.83 bits per heavy atom. The van der Waals surface area contributed by atoms with E-state index in [0.29, 0.717) is 16.9 Å². The number of halogens is 1. The molecule has 0 saturated carbocycles. The Morgan fingerprint density at radius 1 is 1.12 bits per heavy atom. The molecule has 0 aliphatic heterocycles. The minimum atomic E-state index is -1.71. The minimum absolute atomic E-state index is 0.157. The van der Waals surface area contributed by atoms with Gasteiger partial charge in [-0.1, -0.05) is 18.5 Å². The van der Waals surface area contributed by atoms with Gasteiger partial charge in [-0.3, -0.25) is 4.57 Å². The molecule has 0 aliphatic carbocycles. The highest BCUT2D eigenvalue weighted by Gasteiger charge is 2.36. The zero-order valence-corrected chi connectivity index (χ0v) is 14.3. The molecule has 0 unspecified atom stereocenters. The molecule has 0 radical (unpaired) electrons. The van der Waals surface area contributed by atoms with Crippen molar-refractivity contribution in [1.82, 2.24) is 19.5 Å². The maximum Gasteiger partial charge on any atom is 0.165 e. The summed E-state index contributed by atoms with van der Waals surface area (Å²) in [6.45, 7) is 1.12. The molecule has 9 nitrogen and oxygen atoms in total. The molecule has 134 valence electrons. The van der Waals surface area contributed by atoms with Crippen LogP contribution < -0.4 is 0 Å². The normalized spacial score (nSPS) is 18.3. The molecule has 2 heterocycles. The number of fused-ring (bicyclic) bond motifs is 1. The van der Waals surface area contributed by atoms with Gasteiger partial charge < -0.3 is 25.5 Å². The number of aromatic nitrogens is 4. The summed E-state index contributed by atoms with van der Waals surface area (Å²) in [5.41, 5.74) is 0.711. The number of hydrogen-bond donors (Lipinski definition) is 5. The summed E-state index contributed by atoms with van der Waals surface area (Å²) in [5.74, 6) is 0.589. The third-order valence-corrected chi connectivity index (χ3v) is 4.96. The zero-order chi connectivity index (χ0) is 17.9. The second-order valence-corrected chi connectivity index (χ2v) is 6.81. The molecule has 2 rings (SSSR count). The predicted octanol–water partition coefficient (Wildman–Crippen LogP) is -0.833. The van der Waals surface area contributed by atoms with Crippen LogP contribution >= 0.6 is 23.4 Å². The van der Waals surface area contributed by atoms with E-state index in [9.17, 15) is 20.4 Å². The van der Waals surface area contributed by atoms with E-state index in [1.807, 2.05) is 6.92 Å². The Balaban J connectivity index is 2.35. The fourth-order valence-corrected chi connectivity index (χ4v) is 3.42. The van der Waals surface area contributed by atoms with Crippen LogP contribution in [0.25, 0.3) is 11.2 Å². The van der Waals surface area contributed by atoms with Gasteiger partial charge in [-0.15, -0.1) is 11.8 Å². The van der Waals surface area contributed by atoms with Crippen molar-refractivity contribution in [2.75, 3.05) is 12.4 Å². The first-order valence-corrected chi connectivity index (χ1v) is 8.62. The monoisotopic (exact) mass is 378 g/mol. The summed E-state index contributed by atoms with van der Waals surface area (Å²) in [7, 11) is 0. The number of aliphatic hydroxyl groups excluding tert-OH is 5. The van der Waals surface area contributed by atoms with Crippen LogP contribution in [0.1, 0.15) is 12.3 Å². The van der Waals surface area contributed by atoms with Gasteiger partial charge >= 0.3 is 0 Å². The molecule has 0 aliphatic rings. The molecule has 5 N–H and O–H groups in total. The predicted molar refractivity (Wildman–Crippen MR) is 88.6 cm³/mol. The van der Waals surface area contributed by atoms with E-state index in [1.54, 1.807) is 0 Å². The lowest BCUT2D eigenvalue weighted by Crippen LogP contribution is -2.48. The molecule has 11 heteroatoms. The number of aliphatic hydroxyl groups is 5. The second kappa shape index (κ2) is 8.39. The highest BCUT2D eigenvalue weighted by Crippen LogP contribution is 2.32. The molecule has 5 atom stereocenters. The van der Waals surface area contributed by atoms with Crippen molar-refractivity contribution >= 4 is 34.5 Å². The number of thioether (sulfide) groups is 1. The summed E-state index contributed by atoms with van der Waals surface area (Å²) < 4.78 is 1.52. The molecule has 0 bridgehead atoms. The van der Waals surface area contributed by atoms with Crippen molar-refractivity contribution in [3.05, 3.63) is 17.8 Å². The summed E-state index contributed by atoms with van der Waals surface area (Å²) in [6.07, 6.45) is -3.77. The highest BCUT2D eigenvalue weighted by molar-refractivity contribution is 7.99. The van der Waals surface area contributed by atoms with Crippen LogP contribution in [0, 0.1) is 0 Å². The number of hydrogen-bond acceptors (Lipinski definition) is 9. The fraction of sp³-hybridized carbons (Fsp3) is 0.615. The van der Waals surface area contributed by atoms with Gasteiger partial charge in [-0.25, -0.2) is 15.0 Å². The molecular formula is C13H19ClN4O5S. The molecule has 0 spiro atoms. The van der Waals surface area contributed by atoms with E-state index >= 15 is 0 Å². The van der Waals surface area contributed by atoms with Gasteiger partial charge in [0.2, 0.25) is 0 Å². The van der Waals surface area contributed by atoms with Gasteiger partial charge in [0.05, 0.1) is 12.9 Å². The number of imidazole rings is 1. The van der Waals surface area contributed by atoms with Gasteiger partial charge in [0, 0.05) is 0 Å². The SMILES string of the molecule is CCS[C@H]([C@H](O)[C@H](O)[C@H](O)[C@H](O)CO)n1cnc2c(Cl)ncnc21. The lowest BCUT2D eigenvalue weighted by atomic mass is 10.0. The smallest absolute Gasteiger partial charge is 0.165 e. The van der Waals surface area contributed by atoms with Crippen molar-refractivity contribution in [2.45, 2.75) is 36.7 Å². The summed E-state index contributed by atoms with van der Waals surface area (Å²) in [5, 5.41) is 48.2. The number of nitrogens with zero attached hydrogens (tertiary/aromatic N) is 4. The molecule has 2 aromatic heterocycles. The van der Waals surface area contributed by atoms with Crippen molar-refractivity contribution in [2.24, 2.45) is 0 Å².